The lowest BCUT2D eigenvalue weighted by molar-refractivity contribution is -0.133. The topological polar surface area (TPSA) is 49.4 Å². The second kappa shape index (κ2) is 11.4. The minimum Gasteiger partial charge on any atom is -0.359 e. The fraction of sp³-hybridized carbons (Fsp3) is 0.846. The molecule has 1 N–H and O–H groups in total. The number of hydrogen-bond acceptors (Lipinski definition) is 2. The number of nitrogens with zero attached hydrogens (tertiary/aromatic N) is 1. The Bertz CT molecular complexity index is 209. The molecule has 0 unspecified atom stereocenters. The van der Waals surface area contributed by atoms with Gasteiger partial charge in [0, 0.05) is 33.0 Å². The van der Waals surface area contributed by atoms with Crippen LogP contribution in [0.5, 0.6) is 0 Å². The van der Waals surface area contributed by atoms with Gasteiger partial charge in [-0.05, 0) is 12.8 Å². The molecule has 1 saturated heterocycles. The van der Waals surface area contributed by atoms with Gasteiger partial charge in [0.1, 0.15) is 0 Å². The van der Waals surface area contributed by atoms with Crippen molar-refractivity contribution >= 4 is 11.8 Å². The van der Waals surface area contributed by atoms with Crippen LogP contribution < -0.4 is 5.32 Å². The fourth-order valence-corrected chi connectivity index (χ4v) is 1.66. The summed E-state index contributed by atoms with van der Waals surface area (Å²) < 4.78 is 0. The Morgan fingerprint density at radius 1 is 1.06 bits per heavy atom. The van der Waals surface area contributed by atoms with E-state index < -0.39 is 0 Å². The van der Waals surface area contributed by atoms with E-state index in [1.807, 2.05) is 27.7 Å². The molecular weight excluding hydrogens is 216 g/mol. The van der Waals surface area contributed by atoms with Crippen molar-refractivity contribution in [1.29, 1.82) is 0 Å². The van der Waals surface area contributed by atoms with Crippen LogP contribution in [0, 0.1) is 5.92 Å². The van der Waals surface area contributed by atoms with Crippen molar-refractivity contribution in [3.05, 3.63) is 0 Å². The van der Waals surface area contributed by atoms with E-state index >= 15 is 0 Å². The lowest BCUT2D eigenvalue weighted by Crippen LogP contribution is -2.41. The summed E-state index contributed by atoms with van der Waals surface area (Å²) in [6.45, 7) is 11.0. The van der Waals surface area contributed by atoms with Crippen molar-refractivity contribution in [3.63, 3.8) is 0 Å². The lowest BCUT2D eigenvalue weighted by atomic mass is 9.96. The highest BCUT2D eigenvalue weighted by atomic mass is 16.2. The maximum Gasteiger partial charge on any atom is 0.222 e. The number of likely N-dealkylation sites (tertiary alicyclic amines) is 1. The third-order valence-corrected chi connectivity index (χ3v) is 2.56. The molecule has 4 nitrogen and oxygen atoms in total. The molecule has 1 rings (SSSR count). The summed E-state index contributed by atoms with van der Waals surface area (Å²) in [4.78, 5) is 24.0. The summed E-state index contributed by atoms with van der Waals surface area (Å²) in [6, 6.07) is 0. The van der Waals surface area contributed by atoms with E-state index in [1.165, 1.54) is 0 Å². The van der Waals surface area contributed by atoms with Gasteiger partial charge >= 0.3 is 0 Å². The Balaban J connectivity index is 0. The van der Waals surface area contributed by atoms with Gasteiger partial charge in [0.25, 0.3) is 0 Å². The van der Waals surface area contributed by atoms with E-state index in [0.29, 0.717) is 13.1 Å². The molecule has 1 heterocycles. The summed E-state index contributed by atoms with van der Waals surface area (Å²) in [5.41, 5.74) is 0. The third-order valence-electron chi connectivity index (χ3n) is 2.56. The molecule has 17 heavy (non-hydrogen) atoms. The van der Waals surface area contributed by atoms with E-state index in [2.05, 4.69) is 5.32 Å². The molecular formula is C13H28N2O2. The predicted octanol–water partition coefficient (Wildman–Crippen LogP) is 2.04. The summed E-state index contributed by atoms with van der Waals surface area (Å²) >= 11 is 0. The molecule has 0 saturated carbocycles. The summed E-state index contributed by atoms with van der Waals surface area (Å²) in [6.07, 6.45) is 1.58. The zero-order chi connectivity index (χ0) is 13.8. The van der Waals surface area contributed by atoms with E-state index in [-0.39, 0.29) is 17.7 Å². The number of amides is 2. The van der Waals surface area contributed by atoms with Gasteiger partial charge in [0.15, 0.2) is 0 Å². The number of nitrogens with one attached hydrogen (secondary N) is 1. The molecule has 1 aliphatic rings. The van der Waals surface area contributed by atoms with Crippen molar-refractivity contribution in [2.75, 3.05) is 20.1 Å². The van der Waals surface area contributed by atoms with Crippen LogP contribution in [-0.2, 0) is 9.59 Å². The Labute approximate surface area is 106 Å². The molecule has 0 bridgehead atoms. The highest BCUT2D eigenvalue weighted by molar-refractivity contribution is 5.79. The maximum absolute atomic E-state index is 11.2. The van der Waals surface area contributed by atoms with Gasteiger partial charge in [-0.15, -0.1) is 0 Å². The highest BCUT2D eigenvalue weighted by Gasteiger charge is 2.24. The molecule has 1 aliphatic heterocycles. The smallest absolute Gasteiger partial charge is 0.222 e. The summed E-state index contributed by atoms with van der Waals surface area (Å²) in [5, 5.41) is 2.64. The van der Waals surface area contributed by atoms with Gasteiger partial charge in [-0.25, -0.2) is 0 Å². The first-order valence-corrected chi connectivity index (χ1v) is 6.62. The van der Waals surface area contributed by atoms with E-state index in [4.69, 9.17) is 0 Å². The zero-order valence-electron chi connectivity index (χ0n) is 12.2. The monoisotopic (exact) mass is 244 g/mol. The van der Waals surface area contributed by atoms with Crippen molar-refractivity contribution in [3.8, 4) is 0 Å². The van der Waals surface area contributed by atoms with Crippen molar-refractivity contribution < 1.29 is 9.59 Å². The normalized spacial score (nSPS) is 14.8. The van der Waals surface area contributed by atoms with Crippen LogP contribution in [-0.4, -0.2) is 36.9 Å². The first-order chi connectivity index (χ1) is 8.15. The minimum atomic E-state index is 0.0978. The molecule has 0 aromatic rings. The highest BCUT2D eigenvalue weighted by Crippen LogP contribution is 2.16. The van der Waals surface area contributed by atoms with Crippen LogP contribution in [0.3, 0.4) is 0 Å². The minimum absolute atomic E-state index is 0.0978. The quantitative estimate of drug-likeness (QED) is 0.767. The Hall–Kier alpha value is -1.06. The molecule has 0 aliphatic carbocycles. The van der Waals surface area contributed by atoms with Crippen LogP contribution >= 0.6 is 0 Å². The van der Waals surface area contributed by atoms with Crippen LogP contribution in [0.15, 0.2) is 0 Å². The van der Waals surface area contributed by atoms with Gasteiger partial charge in [-0.3, -0.25) is 9.59 Å². The van der Waals surface area contributed by atoms with Crippen LogP contribution in [0.4, 0.5) is 0 Å². The second-order valence-electron chi connectivity index (χ2n) is 3.39. The maximum atomic E-state index is 11.2. The molecule has 0 radical (unpaired) electrons. The SMILES string of the molecule is CC.CC.CNC(=O)C1CCN(C(C)=O)CC1. The van der Waals surface area contributed by atoms with Gasteiger partial charge in [-0.1, -0.05) is 27.7 Å². The first kappa shape index (κ1) is 18.3. The van der Waals surface area contributed by atoms with Crippen molar-refractivity contribution in [1.82, 2.24) is 10.2 Å². The van der Waals surface area contributed by atoms with Gasteiger partial charge < -0.3 is 10.2 Å². The molecule has 4 heteroatoms. The number of carbonyl (C=O) groups excluding carboxylic acids is 2. The Morgan fingerprint density at radius 3 is 1.76 bits per heavy atom. The van der Waals surface area contributed by atoms with Gasteiger partial charge in [0.2, 0.25) is 11.8 Å². The summed E-state index contributed by atoms with van der Waals surface area (Å²) in [7, 11) is 1.65. The fourth-order valence-electron chi connectivity index (χ4n) is 1.66. The molecule has 2 amide bonds. The standard InChI is InChI=1S/C9H16N2O2.2C2H6/c1-7(12)11-5-3-8(4-6-11)9(13)10-2;2*1-2/h8H,3-6H2,1-2H3,(H,10,13);2*1-2H3. The number of piperidine rings is 1. The largest absolute Gasteiger partial charge is 0.359 e. The average molecular weight is 244 g/mol. The average Bonchev–Trinajstić information content (AvgIpc) is 2.42. The molecule has 0 aromatic heterocycles. The van der Waals surface area contributed by atoms with Crippen LogP contribution in [0.1, 0.15) is 47.5 Å². The predicted molar refractivity (Wildman–Crippen MR) is 71.7 cm³/mol. The molecule has 0 spiro atoms. The first-order valence-electron chi connectivity index (χ1n) is 6.62. The van der Waals surface area contributed by atoms with Crippen LogP contribution in [0.2, 0.25) is 0 Å². The van der Waals surface area contributed by atoms with E-state index in [0.717, 1.165) is 12.8 Å². The summed E-state index contributed by atoms with van der Waals surface area (Å²) in [5.74, 6) is 0.305. The van der Waals surface area contributed by atoms with Gasteiger partial charge in [-0.2, -0.15) is 0 Å². The van der Waals surface area contributed by atoms with Crippen molar-refractivity contribution in [2.24, 2.45) is 5.92 Å². The van der Waals surface area contributed by atoms with Crippen LogP contribution in [0.25, 0.3) is 0 Å². The lowest BCUT2D eigenvalue weighted by Gasteiger charge is -2.30. The Kier molecular flexibility index (Phi) is 12.3. The molecule has 0 atom stereocenters. The number of hydrogen-bond donors (Lipinski definition) is 1. The van der Waals surface area contributed by atoms with E-state index in [1.54, 1.807) is 18.9 Å². The van der Waals surface area contributed by atoms with Crippen molar-refractivity contribution in [2.45, 2.75) is 47.5 Å². The second-order valence-corrected chi connectivity index (χ2v) is 3.39. The zero-order valence-corrected chi connectivity index (χ0v) is 12.2. The molecule has 0 aromatic carbocycles. The number of rotatable bonds is 1. The van der Waals surface area contributed by atoms with E-state index in [9.17, 15) is 9.59 Å². The molecule has 102 valence electrons. The Morgan fingerprint density at radius 2 is 1.47 bits per heavy atom. The molecule has 1 fully saturated rings. The third kappa shape index (κ3) is 6.97. The van der Waals surface area contributed by atoms with Gasteiger partial charge in [0.05, 0.1) is 0 Å². The number of carbonyl (C=O) groups is 2.